The van der Waals surface area contributed by atoms with Crippen molar-refractivity contribution < 1.29 is 9.32 Å². The van der Waals surface area contributed by atoms with Gasteiger partial charge in [-0.3, -0.25) is 4.79 Å². The van der Waals surface area contributed by atoms with Gasteiger partial charge in [-0.15, -0.1) is 0 Å². The van der Waals surface area contributed by atoms with Gasteiger partial charge in [-0.1, -0.05) is 28.9 Å². The van der Waals surface area contributed by atoms with Crippen LogP contribution in [-0.4, -0.2) is 27.5 Å². The maximum Gasteiger partial charge on any atom is 0.227 e. The summed E-state index contributed by atoms with van der Waals surface area (Å²) in [5, 5.41) is 4.70. The molecule has 1 aromatic carbocycles. The molecule has 2 heterocycles. The second kappa shape index (κ2) is 5.96. The molecule has 1 unspecified atom stereocenters. The highest BCUT2D eigenvalue weighted by Gasteiger charge is 2.33. The first-order valence-electron chi connectivity index (χ1n) is 8.08. The third-order valence-corrected chi connectivity index (χ3v) is 4.83. The minimum absolute atomic E-state index is 0.141. The molecular formula is C17H18ClN3O2. The molecule has 1 saturated heterocycles. The van der Waals surface area contributed by atoms with Crippen LogP contribution in [0.4, 0.5) is 0 Å². The average molecular weight is 332 g/mol. The van der Waals surface area contributed by atoms with E-state index in [-0.39, 0.29) is 11.9 Å². The van der Waals surface area contributed by atoms with E-state index in [1.165, 1.54) is 0 Å². The molecule has 4 rings (SSSR count). The summed E-state index contributed by atoms with van der Waals surface area (Å²) in [6.45, 7) is 0.809. The molecule has 1 aliphatic heterocycles. The normalized spacial score (nSPS) is 20.4. The van der Waals surface area contributed by atoms with Gasteiger partial charge < -0.3 is 9.42 Å². The summed E-state index contributed by atoms with van der Waals surface area (Å²) < 4.78 is 5.23. The van der Waals surface area contributed by atoms with Crippen molar-refractivity contribution in [3.05, 3.63) is 46.6 Å². The summed E-state index contributed by atoms with van der Waals surface area (Å²) in [7, 11) is 0. The van der Waals surface area contributed by atoms with Gasteiger partial charge in [0.25, 0.3) is 0 Å². The first kappa shape index (κ1) is 14.7. The number of hydrogen-bond donors (Lipinski definition) is 0. The lowest BCUT2D eigenvalue weighted by Crippen LogP contribution is -2.45. The van der Waals surface area contributed by atoms with Gasteiger partial charge in [-0.25, -0.2) is 0 Å². The van der Waals surface area contributed by atoms with Crippen molar-refractivity contribution >= 4 is 17.5 Å². The Kier molecular flexibility index (Phi) is 3.81. The van der Waals surface area contributed by atoms with E-state index in [0.29, 0.717) is 29.7 Å². The summed E-state index contributed by atoms with van der Waals surface area (Å²) in [4.78, 5) is 18.7. The van der Waals surface area contributed by atoms with Crippen LogP contribution < -0.4 is 0 Å². The summed E-state index contributed by atoms with van der Waals surface area (Å²) in [6.07, 6.45) is 4.22. The minimum atomic E-state index is 0.141. The zero-order valence-electron chi connectivity index (χ0n) is 12.7. The molecule has 0 radical (unpaired) electrons. The standard InChI is InChI=1S/C17H18ClN3O2/c18-13-5-3-11(4-6-13)14-9-10-21(14)16(22)8-7-15-19-17(20-23-15)12-1-2-12/h3-6,12,14H,1-2,7-10H2. The van der Waals surface area contributed by atoms with Crippen molar-refractivity contribution in [1.82, 2.24) is 15.0 Å². The summed E-state index contributed by atoms with van der Waals surface area (Å²) >= 11 is 5.92. The number of amides is 1. The molecule has 2 fully saturated rings. The van der Waals surface area contributed by atoms with Gasteiger partial charge in [0.05, 0.1) is 6.04 Å². The van der Waals surface area contributed by atoms with Crippen molar-refractivity contribution in [2.24, 2.45) is 0 Å². The zero-order valence-corrected chi connectivity index (χ0v) is 13.5. The lowest BCUT2D eigenvalue weighted by Gasteiger charge is -2.41. The monoisotopic (exact) mass is 331 g/mol. The number of carbonyl (C=O) groups is 1. The molecule has 0 spiro atoms. The fourth-order valence-electron chi connectivity index (χ4n) is 2.95. The lowest BCUT2D eigenvalue weighted by atomic mass is 9.94. The number of hydrogen-bond acceptors (Lipinski definition) is 4. The predicted molar refractivity (Wildman–Crippen MR) is 85.1 cm³/mol. The number of likely N-dealkylation sites (tertiary alicyclic amines) is 1. The summed E-state index contributed by atoms with van der Waals surface area (Å²) in [5.74, 6) is 1.99. The van der Waals surface area contributed by atoms with Gasteiger partial charge in [-0.05, 0) is 37.0 Å². The predicted octanol–water partition coefficient (Wildman–Crippen LogP) is 3.51. The van der Waals surface area contributed by atoms with Gasteiger partial charge >= 0.3 is 0 Å². The van der Waals surface area contributed by atoms with Crippen molar-refractivity contribution in [3.8, 4) is 0 Å². The Morgan fingerprint density at radius 3 is 2.70 bits per heavy atom. The van der Waals surface area contributed by atoms with Crippen molar-refractivity contribution in [2.75, 3.05) is 6.54 Å². The average Bonchev–Trinajstić information content (AvgIpc) is 3.25. The highest BCUT2D eigenvalue weighted by Crippen LogP contribution is 2.38. The molecule has 1 amide bonds. The number of carbonyl (C=O) groups excluding carboxylic acids is 1. The molecule has 0 bridgehead atoms. The molecule has 1 saturated carbocycles. The fourth-order valence-corrected chi connectivity index (χ4v) is 3.08. The number of rotatable bonds is 5. The van der Waals surface area contributed by atoms with E-state index in [0.717, 1.165) is 37.2 Å². The molecule has 0 N–H and O–H groups in total. The highest BCUT2D eigenvalue weighted by molar-refractivity contribution is 6.30. The first-order chi connectivity index (χ1) is 11.2. The Morgan fingerprint density at radius 1 is 1.26 bits per heavy atom. The Labute approximate surface area is 139 Å². The topological polar surface area (TPSA) is 59.2 Å². The van der Waals surface area contributed by atoms with Gasteiger partial charge in [0.15, 0.2) is 5.82 Å². The van der Waals surface area contributed by atoms with Gasteiger partial charge in [0.1, 0.15) is 0 Å². The fraction of sp³-hybridized carbons (Fsp3) is 0.471. The van der Waals surface area contributed by atoms with Crippen LogP contribution in [0.25, 0.3) is 0 Å². The van der Waals surface area contributed by atoms with Crippen LogP contribution in [0.15, 0.2) is 28.8 Å². The van der Waals surface area contributed by atoms with Gasteiger partial charge in [-0.2, -0.15) is 4.98 Å². The minimum Gasteiger partial charge on any atom is -0.339 e. The van der Waals surface area contributed by atoms with Crippen LogP contribution in [0.2, 0.25) is 5.02 Å². The van der Waals surface area contributed by atoms with E-state index in [1.807, 2.05) is 29.2 Å². The molecule has 2 aliphatic rings. The van der Waals surface area contributed by atoms with Crippen LogP contribution in [0.3, 0.4) is 0 Å². The second-order valence-corrected chi connectivity index (χ2v) is 6.70. The van der Waals surface area contributed by atoms with Crippen LogP contribution in [0.5, 0.6) is 0 Å². The van der Waals surface area contributed by atoms with Crippen molar-refractivity contribution in [2.45, 2.75) is 44.1 Å². The van der Waals surface area contributed by atoms with Gasteiger partial charge in [0, 0.05) is 30.3 Å². The summed E-state index contributed by atoms with van der Waals surface area (Å²) in [5.41, 5.74) is 1.14. The maximum absolute atomic E-state index is 12.4. The van der Waals surface area contributed by atoms with E-state index >= 15 is 0 Å². The molecule has 1 atom stereocenters. The van der Waals surface area contributed by atoms with E-state index in [2.05, 4.69) is 10.1 Å². The third kappa shape index (κ3) is 3.11. The Bertz CT molecular complexity index is 709. The first-order valence-corrected chi connectivity index (χ1v) is 8.46. The van der Waals surface area contributed by atoms with Crippen LogP contribution in [-0.2, 0) is 11.2 Å². The Morgan fingerprint density at radius 2 is 2.04 bits per heavy atom. The maximum atomic E-state index is 12.4. The van der Waals surface area contributed by atoms with E-state index in [9.17, 15) is 4.79 Å². The number of aromatic nitrogens is 2. The number of halogens is 1. The van der Waals surface area contributed by atoms with Crippen LogP contribution in [0.1, 0.15) is 54.9 Å². The molecule has 23 heavy (non-hydrogen) atoms. The van der Waals surface area contributed by atoms with Gasteiger partial charge in [0.2, 0.25) is 11.8 Å². The SMILES string of the molecule is O=C(CCc1nc(C2CC2)no1)N1CCC1c1ccc(Cl)cc1. The Hall–Kier alpha value is -1.88. The molecule has 1 aliphatic carbocycles. The third-order valence-electron chi connectivity index (χ3n) is 4.57. The Balaban J connectivity index is 1.34. The molecule has 2 aromatic rings. The largest absolute Gasteiger partial charge is 0.339 e. The van der Waals surface area contributed by atoms with Crippen LogP contribution in [0, 0.1) is 0 Å². The van der Waals surface area contributed by atoms with E-state index < -0.39 is 0 Å². The quantitative estimate of drug-likeness (QED) is 0.841. The van der Waals surface area contributed by atoms with Crippen molar-refractivity contribution in [1.29, 1.82) is 0 Å². The zero-order chi connectivity index (χ0) is 15.8. The van der Waals surface area contributed by atoms with Crippen molar-refractivity contribution in [3.63, 3.8) is 0 Å². The van der Waals surface area contributed by atoms with E-state index in [4.69, 9.17) is 16.1 Å². The van der Waals surface area contributed by atoms with Crippen LogP contribution >= 0.6 is 11.6 Å². The highest BCUT2D eigenvalue weighted by atomic mass is 35.5. The molecule has 6 heteroatoms. The lowest BCUT2D eigenvalue weighted by molar-refractivity contribution is -0.139. The number of aryl methyl sites for hydroxylation is 1. The second-order valence-electron chi connectivity index (χ2n) is 6.26. The molecular weight excluding hydrogens is 314 g/mol. The smallest absolute Gasteiger partial charge is 0.227 e. The summed E-state index contributed by atoms with van der Waals surface area (Å²) in [6, 6.07) is 7.90. The molecule has 120 valence electrons. The molecule has 5 nitrogen and oxygen atoms in total. The number of benzene rings is 1. The number of nitrogens with zero attached hydrogens (tertiary/aromatic N) is 3. The van der Waals surface area contributed by atoms with E-state index in [1.54, 1.807) is 0 Å². The molecule has 1 aromatic heterocycles.